The summed E-state index contributed by atoms with van der Waals surface area (Å²) in [5, 5.41) is 6.22. The maximum atomic E-state index is 12.3. The van der Waals surface area contributed by atoms with Gasteiger partial charge in [0.25, 0.3) is 0 Å². The lowest BCUT2D eigenvalue weighted by molar-refractivity contribution is -0.135. The summed E-state index contributed by atoms with van der Waals surface area (Å²) in [6.07, 6.45) is 2.57. The molecule has 21 heavy (non-hydrogen) atoms. The van der Waals surface area contributed by atoms with E-state index in [-0.39, 0.29) is 24.3 Å². The van der Waals surface area contributed by atoms with Crippen molar-refractivity contribution >= 4 is 17.5 Å². The molecule has 2 amide bonds. The second-order valence-electron chi connectivity index (χ2n) is 5.96. The third-order valence-electron chi connectivity index (χ3n) is 4.11. The van der Waals surface area contributed by atoms with Crippen molar-refractivity contribution < 1.29 is 9.59 Å². The minimum absolute atomic E-state index is 0.0180. The molecule has 1 unspecified atom stereocenters. The van der Waals surface area contributed by atoms with E-state index in [0.717, 1.165) is 25.1 Å². The van der Waals surface area contributed by atoms with Crippen LogP contribution in [0.5, 0.6) is 0 Å². The SMILES string of the molecule is CN(CC(=O)NC1CC1)C(=O)CC1CNc2ccccc21. The molecule has 0 spiro atoms. The van der Waals surface area contributed by atoms with Gasteiger partial charge in [-0.25, -0.2) is 0 Å². The Morgan fingerprint density at radius 1 is 1.33 bits per heavy atom. The molecule has 1 fully saturated rings. The fourth-order valence-electron chi connectivity index (χ4n) is 2.71. The van der Waals surface area contributed by atoms with E-state index in [0.29, 0.717) is 12.5 Å². The summed E-state index contributed by atoms with van der Waals surface area (Å²) in [6.45, 7) is 0.935. The molecule has 0 radical (unpaired) electrons. The Morgan fingerprint density at radius 2 is 2.10 bits per heavy atom. The molecule has 1 aromatic rings. The molecule has 0 saturated heterocycles. The molecular weight excluding hydrogens is 266 g/mol. The highest BCUT2D eigenvalue weighted by Gasteiger charge is 2.27. The van der Waals surface area contributed by atoms with E-state index in [4.69, 9.17) is 0 Å². The Kier molecular flexibility index (Phi) is 3.82. The lowest BCUT2D eigenvalue weighted by Gasteiger charge is -2.19. The van der Waals surface area contributed by atoms with E-state index >= 15 is 0 Å². The average molecular weight is 287 g/mol. The molecule has 1 aliphatic carbocycles. The number of fused-ring (bicyclic) bond motifs is 1. The molecule has 5 heteroatoms. The number of amides is 2. The Labute approximate surface area is 124 Å². The first-order valence-corrected chi connectivity index (χ1v) is 7.49. The monoisotopic (exact) mass is 287 g/mol. The number of hydrogen-bond acceptors (Lipinski definition) is 3. The van der Waals surface area contributed by atoms with Crippen molar-refractivity contribution in [2.24, 2.45) is 0 Å². The maximum absolute atomic E-state index is 12.3. The van der Waals surface area contributed by atoms with Gasteiger partial charge >= 0.3 is 0 Å². The van der Waals surface area contributed by atoms with Crippen LogP contribution in [0, 0.1) is 0 Å². The third-order valence-corrected chi connectivity index (χ3v) is 4.11. The highest BCUT2D eigenvalue weighted by molar-refractivity contribution is 5.85. The van der Waals surface area contributed by atoms with Gasteiger partial charge in [-0.1, -0.05) is 18.2 Å². The van der Waals surface area contributed by atoms with Gasteiger partial charge < -0.3 is 15.5 Å². The van der Waals surface area contributed by atoms with Crippen molar-refractivity contribution in [2.45, 2.75) is 31.2 Å². The maximum Gasteiger partial charge on any atom is 0.239 e. The van der Waals surface area contributed by atoms with Crippen molar-refractivity contribution in [2.75, 3.05) is 25.5 Å². The van der Waals surface area contributed by atoms with Crippen LogP contribution in [0.2, 0.25) is 0 Å². The quantitative estimate of drug-likeness (QED) is 0.858. The molecule has 1 heterocycles. The second kappa shape index (κ2) is 5.76. The minimum atomic E-state index is -0.0571. The first-order valence-electron chi connectivity index (χ1n) is 7.49. The van der Waals surface area contributed by atoms with Crippen molar-refractivity contribution in [3.63, 3.8) is 0 Å². The van der Waals surface area contributed by atoms with Crippen LogP contribution in [0.15, 0.2) is 24.3 Å². The molecule has 1 aliphatic heterocycles. The van der Waals surface area contributed by atoms with Crippen molar-refractivity contribution in [3.8, 4) is 0 Å². The highest BCUT2D eigenvalue weighted by atomic mass is 16.2. The Morgan fingerprint density at radius 3 is 2.86 bits per heavy atom. The van der Waals surface area contributed by atoms with Gasteiger partial charge in [0.15, 0.2) is 0 Å². The van der Waals surface area contributed by atoms with Gasteiger partial charge in [-0.2, -0.15) is 0 Å². The molecule has 3 rings (SSSR count). The zero-order chi connectivity index (χ0) is 14.8. The van der Waals surface area contributed by atoms with Gasteiger partial charge in [0.1, 0.15) is 0 Å². The number of hydrogen-bond donors (Lipinski definition) is 2. The van der Waals surface area contributed by atoms with Crippen LogP contribution in [0.3, 0.4) is 0 Å². The van der Waals surface area contributed by atoms with Gasteiger partial charge in [0, 0.05) is 37.7 Å². The van der Waals surface area contributed by atoms with Crippen LogP contribution in [0.25, 0.3) is 0 Å². The first-order chi connectivity index (χ1) is 10.1. The summed E-state index contributed by atoms with van der Waals surface area (Å²) in [6, 6.07) is 8.42. The Hall–Kier alpha value is -2.04. The number of benzene rings is 1. The molecule has 1 atom stereocenters. The summed E-state index contributed by atoms with van der Waals surface area (Å²) in [4.78, 5) is 25.5. The summed E-state index contributed by atoms with van der Waals surface area (Å²) < 4.78 is 0. The van der Waals surface area contributed by atoms with E-state index in [1.807, 2.05) is 18.2 Å². The van der Waals surface area contributed by atoms with Crippen LogP contribution in [0.1, 0.15) is 30.7 Å². The molecule has 112 valence electrons. The number of nitrogens with one attached hydrogen (secondary N) is 2. The topological polar surface area (TPSA) is 61.4 Å². The molecule has 0 aromatic heterocycles. The number of rotatable bonds is 5. The van der Waals surface area contributed by atoms with E-state index < -0.39 is 0 Å². The number of carbonyl (C=O) groups is 2. The van der Waals surface area contributed by atoms with Crippen LogP contribution in [-0.2, 0) is 9.59 Å². The van der Waals surface area contributed by atoms with E-state index in [2.05, 4.69) is 16.7 Å². The lowest BCUT2D eigenvalue weighted by atomic mass is 9.97. The summed E-state index contributed by atoms with van der Waals surface area (Å²) >= 11 is 0. The van der Waals surface area contributed by atoms with Gasteiger partial charge in [0.2, 0.25) is 11.8 Å². The lowest BCUT2D eigenvalue weighted by Crippen LogP contribution is -2.39. The smallest absolute Gasteiger partial charge is 0.239 e. The summed E-state index contributed by atoms with van der Waals surface area (Å²) in [5.41, 5.74) is 2.31. The predicted octanol–water partition coefficient (Wildman–Crippen LogP) is 1.32. The van der Waals surface area contributed by atoms with Gasteiger partial charge in [-0.05, 0) is 24.5 Å². The standard InChI is InChI=1S/C16H21N3O2/c1-19(10-15(20)18-12-6-7-12)16(21)8-11-9-17-14-5-3-2-4-13(11)14/h2-5,11-12,17H,6-10H2,1H3,(H,18,20). The van der Waals surface area contributed by atoms with Crippen LogP contribution < -0.4 is 10.6 Å². The second-order valence-corrected chi connectivity index (χ2v) is 5.96. The van der Waals surface area contributed by atoms with Crippen molar-refractivity contribution in [1.29, 1.82) is 0 Å². The predicted molar refractivity (Wildman–Crippen MR) is 81.1 cm³/mol. The van der Waals surface area contributed by atoms with Crippen LogP contribution >= 0.6 is 0 Å². The fraction of sp³-hybridized carbons (Fsp3) is 0.500. The molecule has 1 aromatic carbocycles. The van der Waals surface area contributed by atoms with Crippen molar-refractivity contribution in [1.82, 2.24) is 10.2 Å². The minimum Gasteiger partial charge on any atom is -0.384 e. The molecule has 2 aliphatic rings. The normalized spacial score (nSPS) is 19.6. The van der Waals surface area contributed by atoms with E-state index in [9.17, 15) is 9.59 Å². The number of anilines is 1. The summed E-state index contributed by atoms with van der Waals surface area (Å²) in [5.74, 6) is 0.158. The zero-order valence-corrected chi connectivity index (χ0v) is 12.3. The molecule has 0 bridgehead atoms. The first kappa shape index (κ1) is 13.9. The molecule has 1 saturated carbocycles. The molecule has 2 N–H and O–H groups in total. The van der Waals surface area contributed by atoms with Gasteiger partial charge in [0.05, 0.1) is 6.54 Å². The van der Waals surface area contributed by atoms with E-state index in [1.165, 1.54) is 10.5 Å². The van der Waals surface area contributed by atoms with Gasteiger partial charge in [-0.15, -0.1) is 0 Å². The Balaban J connectivity index is 1.52. The fourth-order valence-corrected chi connectivity index (χ4v) is 2.71. The largest absolute Gasteiger partial charge is 0.384 e. The third kappa shape index (κ3) is 3.35. The van der Waals surface area contributed by atoms with E-state index in [1.54, 1.807) is 7.05 Å². The van der Waals surface area contributed by atoms with Gasteiger partial charge in [-0.3, -0.25) is 9.59 Å². The number of carbonyl (C=O) groups excluding carboxylic acids is 2. The number of para-hydroxylation sites is 1. The van der Waals surface area contributed by atoms with Crippen LogP contribution in [-0.4, -0.2) is 42.9 Å². The average Bonchev–Trinajstić information content (AvgIpc) is 3.18. The summed E-state index contributed by atoms with van der Waals surface area (Å²) in [7, 11) is 1.70. The molecular formula is C16H21N3O2. The number of likely N-dealkylation sites (N-methyl/N-ethyl adjacent to an activating group) is 1. The van der Waals surface area contributed by atoms with Crippen LogP contribution in [0.4, 0.5) is 5.69 Å². The highest BCUT2D eigenvalue weighted by Crippen LogP contribution is 2.33. The molecule has 5 nitrogen and oxygen atoms in total. The number of nitrogens with zero attached hydrogens (tertiary/aromatic N) is 1. The van der Waals surface area contributed by atoms with Crippen molar-refractivity contribution in [3.05, 3.63) is 29.8 Å². The zero-order valence-electron chi connectivity index (χ0n) is 12.3. The Bertz CT molecular complexity index is 554.